The number of benzene rings is 1. The zero-order valence-electron chi connectivity index (χ0n) is 17.7. The molecule has 2 bridgehead atoms. The number of piperidine rings is 1. The van der Waals surface area contributed by atoms with Gasteiger partial charge in [0.05, 0.1) is 7.11 Å². The highest BCUT2D eigenvalue weighted by atomic mass is 16.5. The number of amides is 1. The summed E-state index contributed by atoms with van der Waals surface area (Å²) in [5, 5.41) is 0. The zero-order valence-corrected chi connectivity index (χ0v) is 17.7. The Balaban J connectivity index is 1.45. The SMILES string of the molecule is COc1ccc(C(=O)N2C[C@H]3C[C@H](C2)c2c(C4CCCCC4)ccc(=O)n2C3)cc1. The number of nitrogens with zero attached hydrogens (tertiary/aromatic N) is 2. The van der Waals surface area contributed by atoms with Gasteiger partial charge in [-0.15, -0.1) is 0 Å². The molecule has 5 nitrogen and oxygen atoms in total. The summed E-state index contributed by atoms with van der Waals surface area (Å²) >= 11 is 0. The molecular weight excluding hydrogens is 376 g/mol. The molecule has 3 aliphatic rings. The molecule has 2 aliphatic heterocycles. The molecule has 158 valence electrons. The van der Waals surface area contributed by atoms with Crippen molar-refractivity contribution in [3.8, 4) is 5.75 Å². The van der Waals surface area contributed by atoms with Crippen molar-refractivity contribution in [1.29, 1.82) is 0 Å². The number of rotatable bonds is 3. The van der Waals surface area contributed by atoms with Gasteiger partial charge in [-0.1, -0.05) is 25.3 Å². The highest BCUT2D eigenvalue weighted by molar-refractivity contribution is 5.94. The molecule has 5 heteroatoms. The lowest BCUT2D eigenvalue weighted by Gasteiger charge is -2.44. The van der Waals surface area contributed by atoms with E-state index in [0.717, 1.165) is 25.3 Å². The van der Waals surface area contributed by atoms with Crippen molar-refractivity contribution >= 4 is 5.91 Å². The van der Waals surface area contributed by atoms with Gasteiger partial charge in [0, 0.05) is 42.9 Å². The summed E-state index contributed by atoms with van der Waals surface area (Å²) in [7, 11) is 1.63. The van der Waals surface area contributed by atoms with Crippen molar-refractivity contribution in [2.45, 2.75) is 56.9 Å². The molecule has 1 amide bonds. The van der Waals surface area contributed by atoms with Gasteiger partial charge in [-0.25, -0.2) is 0 Å². The minimum absolute atomic E-state index is 0.0818. The highest BCUT2D eigenvalue weighted by Crippen LogP contribution is 2.42. The van der Waals surface area contributed by atoms with Gasteiger partial charge in [0.1, 0.15) is 5.75 Å². The molecule has 1 saturated heterocycles. The number of ether oxygens (including phenoxy) is 1. The molecule has 1 aromatic carbocycles. The largest absolute Gasteiger partial charge is 0.497 e. The third-order valence-electron chi connectivity index (χ3n) is 7.29. The normalized spacial score (nSPS) is 23.7. The van der Waals surface area contributed by atoms with Crippen molar-refractivity contribution in [2.24, 2.45) is 5.92 Å². The van der Waals surface area contributed by atoms with Gasteiger partial charge in [-0.2, -0.15) is 0 Å². The van der Waals surface area contributed by atoms with Crippen molar-refractivity contribution < 1.29 is 9.53 Å². The van der Waals surface area contributed by atoms with E-state index in [-0.39, 0.29) is 17.4 Å². The summed E-state index contributed by atoms with van der Waals surface area (Å²) in [5.41, 5.74) is 3.41. The van der Waals surface area contributed by atoms with Crippen LogP contribution in [-0.4, -0.2) is 35.6 Å². The van der Waals surface area contributed by atoms with Crippen LogP contribution in [0.25, 0.3) is 0 Å². The standard InChI is InChI=1S/C25H30N2O3/c1-30-21-9-7-19(8-10-21)25(29)26-14-17-13-20(16-26)24-22(18-5-3-2-4-6-18)11-12-23(28)27(24)15-17/h7-12,17-18,20H,2-6,13-16H2,1H3/t17-,20-/m1/s1. The predicted octanol–water partition coefficient (Wildman–Crippen LogP) is 4.16. The molecular formula is C25H30N2O3. The van der Waals surface area contributed by atoms with E-state index in [1.807, 2.05) is 33.7 Å². The van der Waals surface area contributed by atoms with Gasteiger partial charge in [0.2, 0.25) is 0 Å². The Kier molecular flexibility index (Phi) is 5.13. The lowest BCUT2D eigenvalue weighted by molar-refractivity contribution is 0.0592. The van der Waals surface area contributed by atoms with Gasteiger partial charge in [0.15, 0.2) is 0 Å². The van der Waals surface area contributed by atoms with Crippen LogP contribution >= 0.6 is 0 Å². The average molecular weight is 407 g/mol. The van der Waals surface area contributed by atoms with Gasteiger partial charge >= 0.3 is 0 Å². The molecule has 1 aliphatic carbocycles. The minimum Gasteiger partial charge on any atom is -0.497 e. The Labute approximate surface area is 177 Å². The Bertz CT molecular complexity index is 988. The summed E-state index contributed by atoms with van der Waals surface area (Å²) in [6.07, 6.45) is 7.39. The maximum atomic E-state index is 13.2. The van der Waals surface area contributed by atoms with E-state index >= 15 is 0 Å². The first kappa shape index (κ1) is 19.4. The van der Waals surface area contributed by atoms with Crippen LogP contribution in [0.4, 0.5) is 0 Å². The lowest BCUT2D eigenvalue weighted by atomic mass is 9.76. The second-order valence-electron chi connectivity index (χ2n) is 9.19. The van der Waals surface area contributed by atoms with Gasteiger partial charge < -0.3 is 14.2 Å². The molecule has 2 aromatic rings. The minimum atomic E-state index is 0.0818. The molecule has 1 saturated carbocycles. The summed E-state index contributed by atoms with van der Waals surface area (Å²) in [6.45, 7) is 2.16. The fourth-order valence-corrected chi connectivity index (χ4v) is 5.89. The van der Waals surface area contributed by atoms with Crippen molar-refractivity contribution in [2.75, 3.05) is 20.2 Å². The van der Waals surface area contributed by atoms with Crippen LogP contribution in [0.2, 0.25) is 0 Å². The number of aromatic nitrogens is 1. The zero-order chi connectivity index (χ0) is 20.7. The molecule has 3 heterocycles. The number of fused-ring (bicyclic) bond motifs is 4. The fourth-order valence-electron chi connectivity index (χ4n) is 5.89. The number of hydrogen-bond donors (Lipinski definition) is 0. The smallest absolute Gasteiger partial charge is 0.253 e. The van der Waals surface area contributed by atoms with Gasteiger partial charge in [-0.3, -0.25) is 9.59 Å². The van der Waals surface area contributed by atoms with Crippen LogP contribution in [0, 0.1) is 5.92 Å². The van der Waals surface area contributed by atoms with Crippen molar-refractivity contribution in [3.63, 3.8) is 0 Å². The summed E-state index contributed by atoms with van der Waals surface area (Å²) < 4.78 is 7.26. The Hall–Kier alpha value is -2.56. The average Bonchev–Trinajstić information content (AvgIpc) is 2.80. The molecule has 1 aromatic heterocycles. The molecule has 0 N–H and O–H groups in total. The maximum Gasteiger partial charge on any atom is 0.253 e. The number of carbonyl (C=O) groups is 1. The summed E-state index contributed by atoms with van der Waals surface area (Å²) in [4.78, 5) is 27.9. The Morgan fingerprint density at radius 1 is 0.933 bits per heavy atom. The van der Waals surface area contributed by atoms with Crippen LogP contribution in [-0.2, 0) is 6.54 Å². The maximum absolute atomic E-state index is 13.2. The second-order valence-corrected chi connectivity index (χ2v) is 9.19. The molecule has 30 heavy (non-hydrogen) atoms. The van der Waals surface area contributed by atoms with E-state index in [9.17, 15) is 9.59 Å². The predicted molar refractivity (Wildman–Crippen MR) is 116 cm³/mol. The number of hydrogen-bond acceptors (Lipinski definition) is 3. The van der Waals surface area contributed by atoms with Crippen LogP contribution in [0.1, 0.15) is 72.0 Å². The molecule has 2 atom stereocenters. The molecule has 2 fully saturated rings. The number of carbonyl (C=O) groups excluding carboxylic acids is 1. The number of pyridine rings is 1. The quantitative estimate of drug-likeness (QED) is 0.769. The molecule has 0 radical (unpaired) electrons. The first-order chi connectivity index (χ1) is 14.6. The number of likely N-dealkylation sites (tertiary alicyclic amines) is 1. The first-order valence-corrected chi connectivity index (χ1v) is 11.3. The Morgan fingerprint density at radius 3 is 2.43 bits per heavy atom. The van der Waals surface area contributed by atoms with Crippen LogP contribution in [0.3, 0.4) is 0 Å². The third-order valence-corrected chi connectivity index (χ3v) is 7.29. The van der Waals surface area contributed by atoms with Crippen molar-refractivity contribution in [1.82, 2.24) is 9.47 Å². The lowest BCUT2D eigenvalue weighted by Crippen LogP contribution is -2.49. The van der Waals surface area contributed by atoms with E-state index in [1.165, 1.54) is 43.4 Å². The van der Waals surface area contributed by atoms with E-state index in [0.29, 0.717) is 23.9 Å². The summed E-state index contributed by atoms with van der Waals surface area (Å²) in [6, 6.07) is 11.2. The van der Waals surface area contributed by atoms with Crippen LogP contribution in [0.15, 0.2) is 41.2 Å². The van der Waals surface area contributed by atoms with E-state index in [1.54, 1.807) is 13.2 Å². The second kappa shape index (κ2) is 7.93. The topological polar surface area (TPSA) is 51.5 Å². The van der Waals surface area contributed by atoms with E-state index in [2.05, 4.69) is 6.07 Å². The van der Waals surface area contributed by atoms with Crippen LogP contribution < -0.4 is 10.3 Å². The molecule has 0 unspecified atom stereocenters. The summed E-state index contributed by atoms with van der Waals surface area (Å²) in [5.74, 6) is 2.00. The molecule has 5 rings (SSSR count). The number of methoxy groups -OCH3 is 1. The Morgan fingerprint density at radius 2 is 1.70 bits per heavy atom. The van der Waals surface area contributed by atoms with Gasteiger partial charge in [-0.05, 0) is 60.9 Å². The van der Waals surface area contributed by atoms with E-state index < -0.39 is 0 Å². The highest BCUT2D eigenvalue weighted by Gasteiger charge is 2.38. The van der Waals surface area contributed by atoms with Crippen molar-refractivity contribution in [3.05, 3.63) is 63.6 Å². The van der Waals surface area contributed by atoms with Gasteiger partial charge in [0.25, 0.3) is 11.5 Å². The third kappa shape index (κ3) is 3.44. The van der Waals surface area contributed by atoms with Crippen LogP contribution in [0.5, 0.6) is 5.75 Å². The van der Waals surface area contributed by atoms with E-state index in [4.69, 9.17) is 4.74 Å². The first-order valence-electron chi connectivity index (χ1n) is 11.3. The fraction of sp³-hybridized carbons (Fsp3) is 0.520. The molecule has 0 spiro atoms. The monoisotopic (exact) mass is 406 g/mol.